The van der Waals surface area contributed by atoms with Crippen molar-refractivity contribution in [1.82, 2.24) is 9.62 Å². The molecule has 0 saturated carbocycles. The van der Waals surface area contributed by atoms with Gasteiger partial charge in [0.15, 0.2) is 0 Å². The van der Waals surface area contributed by atoms with E-state index in [1.165, 1.54) is 13.2 Å². The Kier molecular flexibility index (Phi) is 4.84. The number of hydrogen-bond donors (Lipinski definition) is 1. The smallest absolute Gasteiger partial charge is 0.244 e. The second-order valence-electron chi connectivity index (χ2n) is 5.03. The fourth-order valence-corrected chi connectivity index (χ4v) is 3.77. The third-order valence-electron chi connectivity index (χ3n) is 3.48. The Balaban J connectivity index is 2.15. The quantitative estimate of drug-likeness (QED) is 0.879. The van der Waals surface area contributed by atoms with Crippen LogP contribution in [-0.2, 0) is 14.8 Å². The van der Waals surface area contributed by atoms with E-state index in [-0.39, 0.29) is 16.6 Å². The normalized spacial score (nSPS) is 16.8. The van der Waals surface area contributed by atoms with Gasteiger partial charge >= 0.3 is 0 Å². The summed E-state index contributed by atoms with van der Waals surface area (Å²) in [5.41, 5.74) is 0. The average molecular weight is 312 g/mol. The molecule has 0 radical (unpaired) electrons. The van der Waals surface area contributed by atoms with Gasteiger partial charge in [0.25, 0.3) is 0 Å². The third-order valence-corrected chi connectivity index (χ3v) is 5.06. The van der Waals surface area contributed by atoms with Crippen molar-refractivity contribution in [3.05, 3.63) is 24.3 Å². The molecule has 6 nitrogen and oxygen atoms in total. The number of carbonyl (C=O) groups excluding carboxylic acids is 1. The molecule has 2 rings (SSSR count). The number of benzene rings is 1. The van der Waals surface area contributed by atoms with Gasteiger partial charge < -0.3 is 9.64 Å². The minimum absolute atomic E-state index is 0.0357. The van der Waals surface area contributed by atoms with Crippen molar-refractivity contribution in [3.63, 3.8) is 0 Å². The van der Waals surface area contributed by atoms with Gasteiger partial charge in [0.05, 0.1) is 13.2 Å². The number of carbonyl (C=O) groups is 1. The number of likely N-dealkylation sites (tertiary alicyclic amines) is 1. The maximum Gasteiger partial charge on any atom is 0.244 e. The van der Waals surface area contributed by atoms with Crippen molar-refractivity contribution < 1.29 is 17.9 Å². The highest BCUT2D eigenvalue weighted by atomic mass is 32.2. The number of para-hydroxylation sites is 1. The van der Waals surface area contributed by atoms with Crippen LogP contribution in [0.5, 0.6) is 5.75 Å². The van der Waals surface area contributed by atoms with Gasteiger partial charge in [0, 0.05) is 13.1 Å². The van der Waals surface area contributed by atoms with Gasteiger partial charge in [-0.1, -0.05) is 12.1 Å². The summed E-state index contributed by atoms with van der Waals surface area (Å²) in [7, 11) is -2.39. The zero-order valence-corrected chi connectivity index (χ0v) is 13.0. The second-order valence-corrected chi connectivity index (χ2v) is 6.71. The van der Waals surface area contributed by atoms with Gasteiger partial charge in [-0.3, -0.25) is 4.79 Å². The molecule has 1 aromatic carbocycles. The van der Waals surface area contributed by atoms with Crippen LogP contribution in [0.2, 0.25) is 0 Å². The zero-order valence-electron chi connectivity index (χ0n) is 12.2. The van der Waals surface area contributed by atoms with Gasteiger partial charge in [0.2, 0.25) is 15.9 Å². The summed E-state index contributed by atoms with van der Waals surface area (Å²) in [5.74, 6) is 0.0665. The molecule has 116 valence electrons. The molecule has 1 amide bonds. The van der Waals surface area contributed by atoms with Gasteiger partial charge in [-0.05, 0) is 31.9 Å². The lowest BCUT2D eigenvalue weighted by Gasteiger charge is -2.21. The van der Waals surface area contributed by atoms with Crippen molar-refractivity contribution in [2.75, 3.05) is 20.2 Å². The Morgan fingerprint density at radius 1 is 1.29 bits per heavy atom. The van der Waals surface area contributed by atoms with Gasteiger partial charge in [-0.25, -0.2) is 8.42 Å². The van der Waals surface area contributed by atoms with Gasteiger partial charge in [-0.15, -0.1) is 0 Å². The molecule has 21 heavy (non-hydrogen) atoms. The molecule has 0 bridgehead atoms. The van der Waals surface area contributed by atoms with Crippen molar-refractivity contribution in [2.24, 2.45) is 0 Å². The molecule has 1 aliphatic rings. The second kappa shape index (κ2) is 6.44. The standard InChI is InChI=1S/C14H20N2O4S/c1-11(14(17)16-9-5-6-10-16)15-21(18,19)13-8-4-3-7-12(13)20-2/h3-4,7-8,11,15H,5-6,9-10H2,1-2H3. The number of amides is 1. The maximum atomic E-state index is 12.4. The summed E-state index contributed by atoms with van der Waals surface area (Å²) >= 11 is 0. The molecule has 0 spiro atoms. The summed E-state index contributed by atoms with van der Waals surface area (Å²) < 4.78 is 32.2. The number of nitrogens with zero attached hydrogens (tertiary/aromatic N) is 1. The monoisotopic (exact) mass is 312 g/mol. The van der Waals surface area contributed by atoms with Gasteiger partial charge in [0.1, 0.15) is 10.6 Å². The molecule has 0 aromatic heterocycles. The highest BCUT2D eigenvalue weighted by Crippen LogP contribution is 2.23. The van der Waals surface area contributed by atoms with E-state index in [1.54, 1.807) is 30.0 Å². The topological polar surface area (TPSA) is 75.7 Å². The van der Waals surface area contributed by atoms with Crippen LogP contribution in [0.15, 0.2) is 29.2 Å². The predicted octanol–water partition coefficient (Wildman–Crippen LogP) is 0.984. The summed E-state index contributed by atoms with van der Waals surface area (Å²) in [6.07, 6.45) is 1.94. The van der Waals surface area contributed by atoms with Crippen LogP contribution in [0.3, 0.4) is 0 Å². The number of methoxy groups -OCH3 is 1. The number of nitrogens with one attached hydrogen (secondary N) is 1. The van der Waals surface area contributed by atoms with E-state index in [4.69, 9.17) is 4.74 Å². The molecule has 1 N–H and O–H groups in total. The van der Waals surface area contributed by atoms with Crippen LogP contribution in [0.4, 0.5) is 0 Å². The largest absolute Gasteiger partial charge is 0.495 e. The minimum Gasteiger partial charge on any atom is -0.495 e. The van der Waals surface area contributed by atoms with Crippen molar-refractivity contribution in [3.8, 4) is 5.75 Å². The van der Waals surface area contributed by atoms with Crippen LogP contribution in [0.1, 0.15) is 19.8 Å². The Morgan fingerprint density at radius 3 is 2.52 bits per heavy atom. The summed E-state index contributed by atoms with van der Waals surface area (Å²) in [5, 5.41) is 0. The van der Waals surface area contributed by atoms with E-state index >= 15 is 0 Å². The van der Waals surface area contributed by atoms with E-state index in [0.29, 0.717) is 13.1 Å². The molecule has 1 saturated heterocycles. The van der Waals surface area contributed by atoms with Crippen LogP contribution >= 0.6 is 0 Å². The Bertz CT molecular complexity index is 609. The number of rotatable bonds is 5. The third kappa shape index (κ3) is 3.54. The molecule has 1 fully saturated rings. The first kappa shape index (κ1) is 15.8. The minimum atomic E-state index is -3.80. The van der Waals surface area contributed by atoms with Crippen LogP contribution < -0.4 is 9.46 Å². The first-order chi connectivity index (χ1) is 9.95. The van der Waals surface area contributed by atoms with E-state index in [2.05, 4.69) is 4.72 Å². The molecule has 1 atom stereocenters. The average Bonchev–Trinajstić information content (AvgIpc) is 3.00. The molecular formula is C14H20N2O4S. The lowest BCUT2D eigenvalue weighted by atomic mass is 10.3. The number of ether oxygens (including phenoxy) is 1. The van der Waals surface area contributed by atoms with Crippen LogP contribution in [0.25, 0.3) is 0 Å². The summed E-state index contributed by atoms with van der Waals surface area (Å²) in [6.45, 7) is 2.95. The summed E-state index contributed by atoms with van der Waals surface area (Å²) in [6, 6.07) is 5.54. The fraction of sp³-hybridized carbons (Fsp3) is 0.500. The molecular weight excluding hydrogens is 292 g/mol. The summed E-state index contributed by atoms with van der Waals surface area (Å²) in [4.78, 5) is 13.9. The van der Waals surface area contributed by atoms with E-state index in [9.17, 15) is 13.2 Å². The van der Waals surface area contributed by atoms with E-state index in [0.717, 1.165) is 12.8 Å². The van der Waals surface area contributed by atoms with Crippen molar-refractivity contribution in [1.29, 1.82) is 0 Å². The molecule has 1 aromatic rings. The first-order valence-corrected chi connectivity index (χ1v) is 8.38. The van der Waals surface area contributed by atoms with Crippen LogP contribution in [-0.4, -0.2) is 45.5 Å². The lowest BCUT2D eigenvalue weighted by molar-refractivity contribution is -0.131. The molecule has 0 aliphatic carbocycles. The predicted molar refractivity (Wildman–Crippen MR) is 78.6 cm³/mol. The van der Waals surface area contributed by atoms with E-state index < -0.39 is 16.1 Å². The SMILES string of the molecule is COc1ccccc1S(=O)(=O)NC(C)C(=O)N1CCCC1. The highest BCUT2D eigenvalue weighted by molar-refractivity contribution is 7.89. The van der Waals surface area contributed by atoms with Crippen molar-refractivity contribution in [2.45, 2.75) is 30.7 Å². The fourth-order valence-electron chi connectivity index (χ4n) is 2.40. The number of sulfonamides is 1. The first-order valence-electron chi connectivity index (χ1n) is 6.90. The van der Waals surface area contributed by atoms with Gasteiger partial charge in [-0.2, -0.15) is 4.72 Å². The lowest BCUT2D eigenvalue weighted by Crippen LogP contribution is -2.45. The van der Waals surface area contributed by atoms with Crippen molar-refractivity contribution >= 4 is 15.9 Å². The number of hydrogen-bond acceptors (Lipinski definition) is 4. The Labute approximate surface area is 125 Å². The van der Waals surface area contributed by atoms with Crippen LogP contribution in [0, 0.1) is 0 Å². The zero-order chi connectivity index (χ0) is 15.5. The Morgan fingerprint density at radius 2 is 1.90 bits per heavy atom. The molecule has 7 heteroatoms. The molecule has 1 aliphatic heterocycles. The molecule has 1 heterocycles. The molecule has 1 unspecified atom stereocenters. The maximum absolute atomic E-state index is 12.4. The Hall–Kier alpha value is -1.60. The highest BCUT2D eigenvalue weighted by Gasteiger charge is 2.28. The van der Waals surface area contributed by atoms with E-state index in [1.807, 2.05) is 0 Å².